The van der Waals surface area contributed by atoms with Gasteiger partial charge in [0.15, 0.2) is 12.4 Å². The van der Waals surface area contributed by atoms with Crippen molar-refractivity contribution in [1.82, 2.24) is 0 Å². The van der Waals surface area contributed by atoms with Crippen molar-refractivity contribution in [2.45, 2.75) is 19.9 Å². The SMILES string of the molecule is CCC[n+]1ccccc1.F[B-](F)(F)F.O=S([O-])O. The highest BCUT2D eigenvalue weighted by Crippen LogP contribution is 2.06. The summed E-state index contributed by atoms with van der Waals surface area (Å²) in [5, 5.41) is 0. The summed E-state index contributed by atoms with van der Waals surface area (Å²) in [7, 11) is -6.00. The molecule has 0 spiro atoms. The van der Waals surface area contributed by atoms with Crippen molar-refractivity contribution in [2.75, 3.05) is 0 Å². The molecule has 10 heteroatoms. The molecule has 0 aromatic carbocycles. The second-order valence-corrected chi connectivity index (χ2v) is 3.26. The van der Waals surface area contributed by atoms with Crippen molar-refractivity contribution in [3.05, 3.63) is 30.6 Å². The standard InChI is InChI=1S/C8H12N.BF4.H2O3S/c1-2-6-9-7-4-3-5-8-9;2-1(3,4)5;1-4(2)3/h3-5,7-8H,2,6H2,1H3;;(H2,1,2,3)/q+1;-1;/p-1. The quantitative estimate of drug-likeness (QED) is 0.392. The summed E-state index contributed by atoms with van der Waals surface area (Å²) in [5.41, 5.74) is 0. The van der Waals surface area contributed by atoms with Crippen molar-refractivity contribution in [1.29, 1.82) is 0 Å². The maximum atomic E-state index is 9.75. The number of aryl methyl sites for hydroxylation is 1. The Hall–Kier alpha value is -0.995. The zero-order valence-corrected chi connectivity index (χ0v) is 10.3. The lowest BCUT2D eigenvalue weighted by Gasteiger charge is -1.94. The van der Waals surface area contributed by atoms with Gasteiger partial charge < -0.3 is 26.4 Å². The Labute approximate surface area is 105 Å². The number of nitrogens with zero attached hydrogens (tertiary/aromatic N) is 1. The highest BCUT2D eigenvalue weighted by atomic mass is 32.2. The highest BCUT2D eigenvalue weighted by molar-refractivity contribution is 7.73. The fourth-order valence-electron chi connectivity index (χ4n) is 0.842. The Morgan fingerprint density at radius 2 is 1.56 bits per heavy atom. The van der Waals surface area contributed by atoms with E-state index >= 15 is 0 Å². The molecule has 1 rings (SSSR count). The molecule has 1 unspecified atom stereocenters. The number of hydrogen-bond donors (Lipinski definition) is 1. The van der Waals surface area contributed by atoms with E-state index in [1.54, 1.807) is 0 Å². The molecular formula is C8H13BF4NO3S-. The van der Waals surface area contributed by atoms with Crippen LogP contribution in [0.3, 0.4) is 0 Å². The van der Waals surface area contributed by atoms with Crippen molar-refractivity contribution in [3.8, 4) is 0 Å². The molecule has 1 atom stereocenters. The van der Waals surface area contributed by atoms with Gasteiger partial charge in [-0.3, -0.25) is 0 Å². The second kappa shape index (κ2) is 11.1. The fourth-order valence-corrected chi connectivity index (χ4v) is 0.842. The molecule has 1 aromatic rings. The van der Waals surface area contributed by atoms with Gasteiger partial charge >= 0.3 is 7.25 Å². The van der Waals surface area contributed by atoms with Crippen LogP contribution < -0.4 is 4.57 Å². The van der Waals surface area contributed by atoms with Gasteiger partial charge in [-0.05, 0) is 0 Å². The summed E-state index contributed by atoms with van der Waals surface area (Å²) < 4.78 is 65.3. The Balaban J connectivity index is 0. The van der Waals surface area contributed by atoms with Crippen molar-refractivity contribution in [3.63, 3.8) is 0 Å². The van der Waals surface area contributed by atoms with E-state index in [1.807, 2.05) is 6.07 Å². The number of pyridine rings is 1. The van der Waals surface area contributed by atoms with E-state index in [0.29, 0.717) is 0 Å². The third kappa shape index (κ3) is 29.4. The van der Waals surface area contributed by atoms with Crippen LogP contribution in [0.25, 0.3) is 0 Å². The summed E-state index contributed by atoms with van der Waals surface area (Å²) in [6.45, 7) is 3.31. The zero-order chi connectivity index (χ0) is 14.6. The van der Waals surface area contributed by atoms with Crippen molar-refractivity contribution in [2.24, 2.45) is 0 Å². The maximum Gasteiger partial charge on any atom is 0.673 e. The third-order valence-electron chi connectivity index (χ3n) is 1.26. The summed E-state index contributed by atoms with van der Waals surface area (Å²) in [4.78, 5) is 0. The van der Waals surface area contributed by atoms with Gasteiger partial charge in [0.05, 0.1) is 11.4 Å². The van der Waals surface area contributed by atoms with E-state index < -0.39 is 18.6 Å². The summed E-state index contributed by atoms with van der Waals surface area (Å²) >= 11 is -2.86. The van der Waals surface area contributed by atoms with E-state index in [0.717, 1.165) is 6.54 Å². The molecule has 0 saturated carbocycles. The number of aromatic nitrogens is 1. The van der Waals surface area contributed by atoms with E-state index in [-0.39, 0.29) is 0 Å². The Kier molecular flexibility index (Phi) is 11.9. The molecule has 0 radical (unpaired) electrons. The Morgan fingerprint density at radius 3 is 1.83 bits per heavy atom. The molecule has 0 bridgehead atoms. The van der Waals surface area contributed by atoms with Crippen LogP contribution in [0.4, 0.5) is 17.3 Å². The zero-order valence-electron chi connectivity index (χ0n) is 9.51. The monoisotopic (exact) mass is 290 g/mol. The molecule has 1 N–H and O–H groups in total. The molecule has 0 aliphatic heterocycles. The van der Waals surface area contributed by atoms with Crippen LogP contribution in [0.1, 0.15) is 13.3 Å². The molecule has 1 aromatic heterocycles. The highest BCUT2D eigenvalue weighted by Gasteiger charge is 2.20. The van der Waals surface area contributed by atoms with Crippen LogP contribution in [0, 0.1) is 0 Å². The van der Waals surface area contributed by atoms with E-state index in [2.05, 4.69) is 36.0 Å². The first kappa shape index (κ1) is 19.3. The first-order chi connectivity index (χ1) is 8.16. The van der Waals surface area contributed by atoms with E-state index in [9.17, 15) is 17.3 Å². The average molecular weight is 290 g/mol. The molecule has 1 heterocycles. The van der Waals surface area contributed by atoms with E-state index in [4.69, 9.17) is 13.3 Å². The Bertz CT molecular complexity index is 316. The lowest BCUT2D eigenvalue weighted by atomic mass is 10.3. The first-order valence-electron chi connectivity index (χ1n) is 4.76. The van der Waals surface area contributed by atoms with Crippen LogP contribution in [0.2, 0.25) is 0 Å². The molecule has 0 saturated heterocycles. The minimum absolute atomic E-state index is 1.13. The van der Waals surface area contributed by atoms with Crippen LogP contribution in [0.15, 0.2) is 30.6 Å². The van der Waals surface area contributed by atoms with Gasteiger partial charge in [0.1, 0.15) is 6.54 Å². The number of halogens is 4. The van der Waals surface area contributed by atoms with E-state index in [1.165, 1.54) is 6.42 Å². The minimum Gasteiger partial charge on any atom is -0.750 e. The van der Waals surface area contributed by atoms with Gasteiger partial charge in [-0.15, -0.1) is 0 Å². The first-order valence-corrected chi connectivity index (χ1v) is 5.79. The molecule has 18 heavy (non-hydrogen) atoms. The third-order valence-corrected chi connectivity index (χ3v) is 1.26. The minimum atomic E-state index is -6.00. The van der Waals surface area contributed by atoms with Crippen LogP contribution in [-0.2, 0) is 17.9 Å². The van der Waals surface area contributed by atoms with Crippen molar-refractivity contribution >= 4 is 18.6 Å². The maximum absolute atomic E-state index is 9.75. The molecule has 4 nitrogen and oxygen atoms in total. The lowest BCUT2D eigenvalue weighted by molar-refractivity contribution is -0.697. The second-order valence-electron chi connectivity index (χ2n) is 2.83. The number of rotatable bonds is 2. The van der Waals surface area contributed by atoms with Gasteiger partial charge in [0.25, 0.3) is 0 Å². The summed E-state index contributed by atoms with van der Waals surface area (Å²) in [5.74, 6) is 0. The van der Waals surface area contributed by atoms with Crippen LogP contribution >= 0.6 is 0 Å². The van der Waals surface area contributed by atoms with Crippen molar-refractivity contribution < 1.29 is 35.1 Å². The van der Waals surface area contributed by atoms with Gasteiger partial charge in [-0.25, -0.2) is 8.78 Å². The predicted octanol–water partition coefficient (Wildman–Crippen LogP) is 2.02. The van der Waals surface area contributed by atoms with Crippen LogP contribution in [0.5, 0.6) is 0 Å². The molecule has 0 amide bonds. The topological polar surface area (TPSA) is 64.2 Å². The molecule has 106 valence electrons. The molecule has 0 fully saturated rings. The fraction of sp³-hybridized carbons (Fsp3) is 0.375. The smallest absolute Gasteiger partial charge is 0.673 e. The largest absolute Gasteiger partial charge is 0.750 e. The predicted molar refractivity (Wildman–Crippen MR) is 58.7 cm³/mol. The number of hydrogen-bond acceptors (Lipinski definition) is 2. The molecule has 0 aliphatic carbocycles. The summed E-state index contributed by atoms with van der Waals surface area (Å²) in [6, 6.07) is 6.14. The lowest BCUT2D eigenvalue weighted by Crippen LogP contribution is -2.31. The van der Waals surface area contributed by atoms with Gasteiger partial charge in [0.2, 0.25) is 0 Å². The average Bonchev–Trinajstić information content (AvgIpc) is 2.16. The summed E-state index contributed by atoms with van der Waals surface area (Å²) in [6.07, 6.45) is 5.38. The van der Waals surface area contributed by atoms with Crippen LogP contribution in [-0.4, -0.2) is 20.6 Å². The Morgan fingerprint density at radius 1 is 1.22 bits per heavy atom. The van der Waals surface area contributed by atoms with Gasteiger partial charge in [-0.2, -0.15) is 0 Å². The molecule has 0 aliphatic rings. The normalized spacial score (nSPS) is 11.5. The molecular weight excluding hydrogens is 277 g/mol. The van der Waals surface area contributed by atoms with Gasteiger partial charge in [0, 0.05) is 18.6 Å². The van der Waals surface area contributed by atoms with Gasteiger partial charge in [-0.1, -0.05) is 13.0 Å².